The van der Waals surface area contributed by atoms with E-state index in [1.165, 1.54) is 6.07 Å². The molecule has 0 bridgehead atoms. The van der Waals surface area contributed by atoms with Crippen LogP contribution in [-0.2, 0) is 21.2 Å². The molecular weight excluding hydrogens is 384 g/mol. The summed E-state index contributed by atoms with van der Waals surface area (Å²) in [5, 5.41) is 2.77. The topological polar surface area (TPSA) is 75.3 Å². The molecule has 4 rings (SSSR count). The lowest BCUT2D eigenvalue weighted by atomic mass is 10.0. The molecule has 1 aliphatic rings. The lowest BCUT2D eigenvalue weighted by molar-refractivity contribution is -0.116. The normalized spacial score (nSPS) is 14.7. The zero-order valence-electron chi connectivity index (χ0n) is 16.1. The summed E-state index contributed by atoms with van der Waals surface area (Å²) in [4.78, 5) is 11.7. The van der Waals surface area contributed by atoms with Crippen molar-refractivity contribution in [3.63, 3.8) is 0 Å². The Bertz CT molecular complexity index is 1140. The first-order valence-corrected chi connectivity index (χ1v) is 11.0. The molecule has 1 amide bonds. The Kier molecular flexibility index (Phi) is 5.22. The molecule has 0 aliphatic carbocycles. The fraction of sp³-hybridized carbons (Fsp3) is 0.174. The van der Waals surface area contributed by atoms with Crippen LogP contribution in [-0.4, -0.2) is 14.3 Å². The molecule has 0 aromatic heterocycles. The molecule has 1 atom stereocenters. The molecule has 1 unspecified atom stereocenters. The minimum Gasteiger partial charge on any atom is -0.326 e. The number of rotatable bonds is 5. The summed E-state index contributed by atoms with van der Waals surface area (Å²) in [6.07, 6.45) is 0.912. The van der Waals surface area contributed by atoms with Crippen LogP contribution in [0.4, 0.5) is 5.69 Å². The van der Waals surface area contributed by atoms with Crippen LogP contribution in [0.3, 0.4) is 0 Å². The van der Waals surface area contributed by atoms with Crippen LogP contribution < -0.4 is 10.0 Å². The minimum absolute atomic E-state index is 0.0428. The van der Waals surface area contributed by atoms with Gasteiger partial charge in [-0.05, 0) is 53.8 Å². The van der Waals surface area contributed by atoms with Crippen LogP contribution in [0.5, 0.6) is 0 Å². The van der Waals surface area contributed by atoms with Crippen molar-refractivity contribution in [1.29, 1.82) is 0 Å². The van der Waals surface area contributed by atoms with Crippen molar-refractivity contribution >= 4 is 21.6 Å². The standard InChI is InChI=1S/C23H22N2O3S/c1-16(17-7-9-19(10-8-17)18-5-3-2-4-6-18)25-29(27,28)21-12-13-22-20(15-21)11-14-23(26)24-22/h2-10,12-13,15-16,25H,11,14H2,1H3,(H,24,26). The van der Waals surface area contributed by atoms with Gasteiger partial charge in [-0.15, -0.1) is 0 Å². The molecular formula is C23H22N2O3S. The van der Waals surface area contributed by atoms with Crippen molar-refractivity contribution in [2.75, 3.05) is 5.32 Å². The third-order valence-electron chi connectivity index (χ3n) is 5.13. The summed E-state index contributed by atoms with van der Waals surface area (Å²) in [5.41, 5.74) is 4.62. The third kappa shape index (κ3) is 4.23. The minimum atomic E-state index is -3.68. The molecule has 5 nitrogen and oxygen atoms in total. The number of anilines is 1. The van der Waals surface area contributed by atoms with Gasteiger partial charge in [0.2, 0.25) is 15.9 Å². The van der Waals surface area contributed by atoms with Crippen molar-refractivity contribution in [2.45, 2.75) is 30.7 Å². The number of amides is 1. The smallest absolute Gasteiger partial charge is 0.241 e. The molecule has 0 spiro atoms. The van der Waals surface area contributed by atoms with Gasteiger partial charge in [0.25, 0.3) is 0 Å². The summed E-state index contributed by atoms with van der Waals surface area (Å²) in [7, 11) is -3.68. The molecule has 2 N–H and O–H groups in total. The first-order valence-electron chi connectivity index (χ1n) is 9.53. The highest BCUT2D eigenvalue weighted by Crippen LogP contribution is 2.27. The number of benzene rings is 3. The van der Waals surface area contributed by atoms with E-state index in [2.05, 4.69) is 10.0 Å². The van der Waals surface area contributed by atoms with Crippen molar-refractivity contribution in [3.8, 4) is 11.1 Å². The molecule has 0 saturated carbocycles. The van der Waals surface area contributed by atoms with E-state index in [4.69, 9.17) is 0 Å². The number of hydrogen-bond donors (Lipinski definition) is 2. The SMILES string of the molecule is CC(NS(=O)(=O)c1ccc2c(c1)CCC(=O)N2)c1ccc(-c2ccccc2)cc1. The van der Waals surface area contributed by atoms with Gasteiger partial charge in [0.05, 0.1) is 4.90 Å². The molecule has 0 radical (unpaired) electrons. The van der Waals surface area contributed by atoms with Crippen LogP contribution in [0.25, 0.3) is 11.1 Å². The van der Waals surface area contributed by atoms with Gasteiger partial charge in [0.1, 0.15) is 0 Å². The summed E-state index contributed by atoms with van der Waals surface area (Å²) < 4.78 is 28.5. The highest BCUT2D eigenvalue weighted by molar-refractivity contribution is 7.89. The number of sulfonamides is 1. The highest BCUT2D eigenvalue weighted by Gasteiger charge is 2.22. The molecule has 3 aromatic carbocycles. The van der Waals surface area contributed by atoms with Crippen molar-refractivity contribution in [3.05, 3.63) is 83.9 Å². The average Bonchev–Trinajstić information content (AvgIpc) is 2.73. The molecule has 0 saturated heterocycles. The van der Waals surface area contributed by atoms with Crippen molar-refractivity contribution < 1.29 is 13.2 Å². The molecule has 1 heterocycles. The predicted molar refractivity (Wildman–Crippen MR) is 114 cm³/mol. The lowest BCUT2D eigenvalue weighted by Gasteiger charge is -2.19. The number of hydrogen-bond acceptors (Lipinski definition) is 3. The van der Waals surface area contributed by atoms with Gasteiger partial charge in [-0.25, -0.2) is 13.1 Å². The van der Waals surface area contributed by atoms with Gasteiger partial charge in [0, 0.05) is 18.2 Å². The van der Waals surface area contributed by atoms with Gasteiger partial charge in [-0.1, -0.05) is 54.6 Å². The van der Waals surface area contributed by atoms with Crippen LogP contribution in [0.2, 0.25) is 0 Å². The maximum Gasteiger partial charge on any atom is 0.241 e. The van der Waals surface area contributed by atoms with Crippen LogP contribution in [0, 0.1) is 0 Å². The Morgan fingerprint density at radius 3 is 2.31 bits per heavy atom. The van der Waals surface area contributed by atoms with Gasteiger partial charge >= 0.3 is 0 Å². The van der Waals surface area contributed by atoms with E-state index >= 15 is 0 Å². The average molecular weight is 407 g/mol. The van der Waals surface area contributed by atoms with Crippen LogP contribution in [0.1, 0.15) is 30.5 Å². The maximum absolute atomic E-state index is 12.9. The third-order valence-corrected chi connectivity index (χ3v) is 6.67. The first-order chi connectivity index (χ1) is 13.9. The second kappa shape index (κ2) is 7.81. The predicted octanol–water partition coefficient (Wildman–Crippen LogP) is 4.28. The summed E-state index contributed by atoms with van der Waals surface area (Å²) in [6.45, 7) is 1.83. The van der Waals surface area contributed by atoms with Gasteiger partial charge in [0.15, 0.2) is 0 Å². The number of nitrogens with one attached hydrogen (secondary N) is 2. The highest BCUT2D eigenvalue weighted by atomic mass is 32.2. The fourth-order valence-electron chi connectivity index (χ4n) is 3.49. The number of fused-ring (bicyclic) bond motifs is 1. The van der Waals surface area contributed by atoms with Crippen molar-refractivity contribution in [1.82, 2.24) is 4.72 Å². The van der Waals surface area contributed by atoms with Crippen LogP contribution >= 0.6 is 0 Å². The van der Waals surface area contributed by atoms with E-state index in [9.17, 15) is 13.2 Å². The van der Waals surface area contributed by atoms with Gasteiger partial charge < -0.3 is 5.32 Å². The van der Waals surface area contributed by atoms with E-state index in [0.29, 0.717) is 18.5 Å². The van der Waals surface area contributed by atoms with E-state index in [0.717, 1.165) is 22.3 Å². The Balaban J connectivity index is 1.51. The van der Waals surface area contributed by atoms with E-state index in [1.54, 1.807) is 12.1 Å². The monoisotopic (exact) mass is 406 g/mol. The molecule has 148 valence electrons. The molecule has 6 heteroatoms. The molecule has 3 aromatic rings. The second-order valence-electron chi connectivity index (χ2n) is 7.20. The zero-order chi connectivity index (χ0) is 20.4. The second-order valence-corrected chi connectivity index (χ2v) is 8.91. The first kappa shape index (κ1) is 19.4. The maximum atomic E-state index is 12.9. The summed E-state index contributed by atoms with van der Waals surface area (Å²) in [6, 6.07) is 22.4. The summed E-state index contributed by atoms with van der Waals surface area (Å²) in [5.74, 6) is -0.0428. The summed E-state index contributed by atoms with van der Waals surface area (Å²) >= 11 is 0. The molecule has 0 fully saturated rings. The van der Waals surface area contributed by atoms with Crippen LogP contribution in [0.15, 0.2) is 77.7 Å². The zero-order valence-corrected chi connectivity index (χ0v) is 16.9. The molecule has 1 aliphatic heterocycles. The Morgan fingerprint density at radius 1 is 0.897 bits per heavy atom. The molecule has 29 heavy (non-hydrogen) atoms. The number of carbonyl (C=O) groups is 1. The van der Waals surface area contributed by atoms with E-state index in [1.807, 2.05) is 61.5 Å². The Morgan fingerprint density at radius 2 is 1.59 bits per heavy atom. The number of carbonyl (C=O) groups excluding carboxylic acids is 1. The van der Waals surface area contributed by atoms with Gasteiger partial charge in [-0.2, -0.15) is 0 Å². The fourth-order valence-corrected chi connectivity index (χ4v) is 4.77. The van der Waals surface area contributed by atoms with E-state index in [-0.39, 0.29) is 16.8 Å². The number of aryl methyl sites for hydroxylation is 1. The van der Waals surface area contributed by atoms with E-state index < -0.39 is 10.0 Å². The Hall–Kier alpha value is -2.96. The lowest BCUT2D eigenvalue weighted by Crippen LogP contribution is -2.27. The van der Waals surface area contributed by atoms with Gasteiger partial charge in [-0.3, -0.25) is 4.79 Å². The van der Waals surface area contributed by atoms with Crippen molar-refractivity contribution in [2.24, 2.45) is 0 Å². The quantitative estimate of drug-likeness (QED) is 0.664. The largest absolute Gasteiger partial charge is 0.326 e. The Labute approximate surface area is 170 Å².